The third-order valence-electron chi connectivity index (χ3n) is 5.25. The number of rotatable bonds is 5. The van der Waals surface area contributed by atoms with Crippen LogP contribution in [0.5, 0.6) is 0 Å². The summed E-state index contributed by atoms with van der Waals surface area (Å²) in [6.45, 7) is 9.30. The van der Waals surface area contributed by atoms with Gasteiger partial charge in [-0.2, -0.15) is 0 Å². The zero-order valence-electron chi connectivity index (χ0n) is 13.9. The van der Waals surface area contributed by atoms with Crippen LogP contribution in [-0.4, -0.2) is 60.1 Å². The van der Waals surface area contributed by atoms with Crippen LogP contribution in [0.15, 0.2) is 24.5 Å². The number of piperidine rings is 1. The summed E-state index contributed by atoms with van der Waals surface area (Å²) in [5.41, 5.74) is 1.39. The Morgan fingerprint density at radius 2 is 2.14 bits per heavy atom. The first-order valence-electron chi connectivity index (χ1n) is 8.97. The van der Waals surface area contributed by atoms with Gasteiger partial charge < -0.3 is 5.32 Å². The molecule has 1 aromatic heterocycles. The first-order valence-corrected chi connectivity index (χ1v) is 8.97. The lowest BCUT2D eigenvalue weighted by Crippen LogP contribution is -2.50. The van der Waals surface area contributed by atoms with Crippen molar-refractivity contribution in [2.24, 2.45) is 0 Å². The molecule has 2 atom stereocenters. The van der Waals surface area contributed by atoms with Gasteiger partial charge in [-0.1, -0.05) is 19.4 Å². The Morgan fingerprint density at radius 1 is 1.27 bits per heavy atom. The van der Waals surface area contributed by atoms with Crippen LogP contribution in [-0.2, 0) is 0 Å². The van der Waals surface area contributed by atoms with Crippen LogP contribution in [0.4, 0.5) is 0 Å². The molecule has 2 aliphatic rings. The summed E-state index contributed by atoms with van der Waals surface area (Å²) in [6.07, 6.45) is 9.32. The van der Waals surface area contributed by atoms with Gasteiger partial charge in [-0.15, -0.1) is 0 Å². The Balaban J connectivity index is 1.78. The molecule has 122 valence electrons. The van der Waals surface area contributed by atoms with Gasteiger partial charge in [-0.05, 0) is 37.4 Å². The highest BCUT2D eigenvalue weighted by molar-refractivity contribution is 5.15. The predicted octanol–water partition coefficient (Wildman–Crippen LogP) is 2.29. The maximum Gasteiger partial charge on any atom is 0.0493 e. The van der Waals surface area contributed by atoms with Crippen molar-refractivity contribution < 1.29 is 0 Å². The molecule has 22 heavy (non-hydrogen) atoms. The Labute approximate surface area is 134 Å². The third-order valence-corrected chi connectivity index (χ3v) is 5.25. The quantitative estimate of drug-likeness (QED) is 0.904. The van der Waals surface area contributed by atoms with Crippen LogP contribution in [0, 0.1) is 0 Å². The minimum Gasteiger partial charge on any atom is -0.314 e. The molecule has 1 N–H and O–H groups in total. The molecule has 0 spiro atoms. The number of piperazine rings is 1. The van der Waals surface area contributed by atoms with Crippen LogP contribution in [0.1, 0.15) is 44.2 Å². The molecular formula is C18H30N4. The van der Waals surface area contributed by atoms with Crippen LogP contribution < -0.4 is 5.32 Å². The molecule has 0 aromatic carbocycles. The first kappa shape index (κ1) is 15.9. The minimum atomic E-state index is 0.497. The van der Waals surface area contributed by atoms with Crippen molar-refractivity contribution in [2.75, 3.05) is 39.3 Å². The van der Waals surface area contributed by atoms with Gasteiger partial charge in [0.05, 0.1) is 0 Å². The van der Waals surface area contributed by atoms with Crippen molar-refractivity contribution in [3.8, 4) is 0 Å². The number of likely N-dealkylation sites (tertiary alicyclic amines) is 1. The normalized spacial score (nSPS) is 26.0. The van der Waals surface area contributed by atoms with E-state index < -0.39 is 0 Å². The molecule has 0 bridgehead atoms. The van der Waals surface area contributed by atoms with Crippen molar-refractivity contribution in [1.82, 2.24) is 20.1 Å². The minimum absolute atomic E-state index is 0.497. The van der Waals surface area contributed by atoms with Crippen LogP contribution in [0.3, 0.4) is 0 Å². The Kier molecular flexibility index (Phi) is 5.82. The van der Waals surface area contributed by atoms with E-state index in [4.69, 9.17) is 0 Å². The lowest BCUT2D eigenvalue weighted by molar-refractivity contribution is 0.0622. The third kappa shape index (κ3) is 3.86. The molecule has 0 aliphatic carbocycles. The van der Waals surface area contributed by atoms with E-state index in [0.29, 0.717) is 6.04 Å². The van der Waals surface area contributed by atoms with E-state index in [1.54, 1.807) is 0 Å². The predicted molar refractivity (Wildman–Crippen MR) is 90.9 cm³/mol. The average Bonchev–Trinajstić information content (AvgIpc) is 2.61. The zero-order chi connectivity index (χ0) is 15.2. The van der Waals surface area contributed by atoms with Gasteiger partial charge in [0.1, 0.15) is 0 Å². The van der Waals surface area contributed by atoms with E-state index in [9.17, 15) is 0 Å². The highest BCUT2D eigenvalue weighted by atomic mass is 15.3. The van der Waals surface area contributed by atoms with Crippen LogP contribution in [0.2, 0.25) is 0 Å². The monoisotopic (exact) mass is 302 g/mol. The molecule has 2 fully saturated rings. The van der Waals surface area contributed by atoms with E-state index in [1.165, 1.54) is 50.9 Å². The molecule has 2 unspecified atom stereocenters. The van der Waals surface area contributed by atoms with E-state index in [1.807, 2.05) is 6.20 Å². The molecular weight excluding hydrogens is 272 g/mol. The lowest BCUT2D eigenvalue weighted by Gasteiger charge is -2.43. The highest BCUT2D eigenvalue weighted by Gasteiger charge is 2.30. The molecule has 0 radical (unpaired) electrons. The SMILES string of the molecule is CCC1CCCCN1C(CN1CCNCC1)c1cccnc1. The molecule has 0 amide bonds. The van der Waals surface area contributed by atoms with Crippen molar-refractivity contribution in [3.63, 3.8) is 0 Å². The molecule has 2 saturated heterocycles. The van der Waals surface area contributed by atoms with Crippen molar-refractivity contribution in [3.05, 3.63) is 30.1 Å². The summed E-state index contributed by atoms with van der Waals surface area (Å²) >= 11 is 0. The molecule has 0 saturated carbocycles. The van der Waals surface area contributed by atoms with Gasteiger partial charge in [0.2, 0.25) is 0 Å². The number of pyridine rings is 1. The molecule has 4 nitrogen and oxygen atoms in total. The fraction of sp³-hybridized carbons (Fsp3) is 0.722. The summed E-state index contributed by atoms with van der Waals surface area (Å²) in [6, 6.07) is 5.59. The van der Waals surface area contributed by atoms with Crippen LogP contribution >= 0.6 is 0 Å². The maximum atomic E-state index is 4.39. The molecule has 4 heteroatoms. The smallest absolute Gasteiger partial charge is 0.0493 e. The number of nitrogens with one attached hydrogen (secondary N) is 1. The zero-order valence-corrected chi connectivity index (χ0v) is 13.9. The maximum absolute atomic E-state index is 4.39. The fourth-order valence-electron chi connectivity index (χ4n) is 3.98. The summed E-state index contributed by atoms with van der Waals surface area (Å²) < 4.78 is 0. The molecule has 2 aliphatic heterocycles. The van der Waals surface area contributed by atoms with Gasteiger partial charge in [-0.3, -0.25) is 14.8 Å². The summed E-state index contributed by atoms with van der Waals surface area (Å²) in [5, 5.41) is 3.46. The van der Waals surface area contributed by atoms with Gasteiger partial charge >= 0.3 is 0 Å². The van der Waals surface area contributed by atoms with Crippen molar-refractivity contribution in [1.29, 1.82) is 0 Å². The second kappa shape index (κ2) is 8.04. The number of nitrogens with zero attached hydrogens (tertiary/aromatic N) is 3. The summed E-state index contributed by atoms with van der Waals surface area (Å²) in [7, 11) is 0. The second-order valence-corrected chi connectivity index (χ2v) is 6.65. The fourth-order valence-corrected chi connectivity index (χ4v) is 3.98. The Morgan fingerprint density at radius 3 is 2.86 bits per heavy atom. The van der Waals surface area contributed by atoms with E-state index in [2.05, 4.69) is 45.4 Å². The summed E-state index contributed by atoms with van der Waals surface area (Å²) in [5.74, 6) is 0. The van der Waals surface area contributed by atoms with Gasteiger partial charge in [0, 0.05) is 57.2 Å². The number of hydrogen-bond donors (Lipinski definition) is 1. The summed E-state index contributed by atoms with van der Waals surface area (Å²) in [4.78, 5) is 9.77. The first-order chi connectivity index (χ1) is 10.9. The standard InChI is InChI=1S/C18H30N4/c1-2-17-7-3-4-11-22(17)18(16-6-5-8-20-14-16)15-21-12-9-19-10-13-21/h5-6,8,14,17-19H,2-4,7,9-13,15H2,1H3. The molecule has 1 aromatic rings. The Bertz CT molecular complexity index is 430. The van der Waals surface area contributed by atoms with Gasteiger partial charge in [0.15, 0.2) is 0 Å². The van der Waals surface area contributed by atoms with Gasteiger partial charge in [0.25, 0.3) is 0 Å². The van der Waals surface area contributed by atoms with Crippen molar-refractivity contribution >= 4 is 0 Å². The second-order valence-electron chi connectivity index (χ2n) is 6.65. The van der Waals surface area contributed by atoms with E-state index >= 15 is 0 Å². The van der Waals surface area contributed by atoms with E-state index in [-0.39, 0.29) is 0 Å². The highest BCUT2D eigenvalue weighted by Crippen LogP contribution is 2.30. The van der Waals surface area contributed by atoms with Crippen LogP contribution in [0.25, 0.3) is 0 Å². The largest absolute Gasteiger partial charge is 0.314 e. The number of aromatic nitrogens is 1. The van der Waals surface area contributed by atoms with E-state index in [0.717, 1.165) is 25.7 Å². The number of hydrogen-bond acceptors (Lipinski definition) is 4. The molecule has 3 rings (SSSR count). The van der Waals surface area contributed by atoms with Gasteiger partial charge in [-0.25, -0.2) is 0 Å². The average molecular weight is 302 g/mol. The molecule has 3 heterocycles. The lowest BCUT2D eigenvalue weighted by atomic mass is 9.95. The Hall–Kier alpha value is -0.970. The van der Waals surface area contributed by atoms with Crippen molar-refractivity contribution in [2.45, 2.75) is 44.7 Å². The topological polar surface area (TPSA) is 31.4 Å².